The quantitative estimate of drug-likeness (QED) is 0.865. The van der Waals surface area contributed by atoms with Crippen LogP contribution in [0.4, 0.5) is 0 Å². The minimum absolute atomic E-state index is 0.0915. The van der Waals surface area contributed by atoms with E-state index in [1.807, 2.05) is 37.3 Å². The van der Waals surface area contributed by atoms with Gasteiger partial charge in [-0.3, -0.25) is 4.79 Å². The smallest absolute Gasteiger partial charge is 0.227 e. The summed E-state index contributed by atoms with van der Waals surface area (Å²) in [5, 5.41) is 5.33. The second-order valence-corrected chi connectivity index (χ2v) is 5.89. The molecule has 0 fully saturated rings. The number of methoxy groups -OCH3 is 1. The minimum Gasteiger partial charge on any atom is -0.497 e. The molecule has 0 saturated heterocycles. The Kier molecular flexibility index (Phi) is 5.42. The molecular weight excluding hydrogens is 274 g/mol. The van der Waals surface area contributed by atoms with Crippen LogP contribution in [0.3, 0.4) is 0 Å². The van der Waals surface area contributed by atoms with Crippen molar-refractivity contribution >= 4 is 16.7 Å². The fraction of sp³-hybridized carbons (Fsp3) is 0.421. The van der Waals surface area contributed by atoms with E-state index in [9.17, 15) is 4.79 Å². The first kappa shape index (κ1) is 16.3. The third kappa shape index (κ3) is 3.79. The third-order valence-corrected chi connectivity index (χ3v) is 4.08. The lowest BCUT2D eigenvalue weighted by atomic mass is 9.96. The average Bonchev–Trinajstić information content (AvgIpc) is 2.53. The Labute approximate surface area is 132 Å². The number of nitrogens with one attached hydrogen (secondary N) is 1. The highest BCUT2D eigenvalue weighted by molar-refractivity contribution is 5.88. The summed E-state index contributed by atoms with van der Waals surface area (Å²) in [4.78, 5) is 12.3. The molecule has 2 aromatic carbocycles. The highest BCUT2D eigenvalue weighted by Crippen LogP contribution is 2.25. The number of ether oxygens (including phenoxy) is 1. The number of fused-ring (bicyclic) bond motifs is 1. The summed E-state index contributed by atoms with van der Waals surface area (Å²) in [6, 6.07) is 12.4. The maximum Gasteiger partial charge on any atom is 0.227 e. The van der Waals surface area contributed by atoms with Gasteiger partial charge in [0.1, 0.15) is 5.75 Å². The van der Waals surface area contributed by atoms with Gasteiger partial charge in [0, 0.05) is 6.04 Å². The molecule has 2 rings (SSSR count). The summed E-state index contributed by atoms with van der Waals surface area (Å²) >= 11 is 0. The lowest BCUT2D eigenvalue weighted by molar-refractivity contribution is -0.122. The zero-order chi connectivity index (χ0) is 16.1. The van der Waals surface area contributed by atoms with E-state index in [1.165, 1.54) is 0 Å². The molecule has 0 aliphatic rings. The third-order valence-electron chi connectivity index (χ3n) is 4.08. The SMILES string of the molecule is CCCC(C)NC(=O)C(C)c1ccc2cc(OC)ccc2c1. The zero-order valence-electron chi connectivity index (χ0n) is 13.8. The van der Waals surface area contributed by atoms with E-state index in [1.54, 1.807) is 7.11 Å². The van der Waals surface area contributed by atoms with Crippen LogP contribution in [0.1, 0.15) is 45.1 Å². The average molecular weight is 299 g/mol. The minimum atomic E-state index is -0.147. The molecule has 3 nitrogen and oxygen atoms in total. The summed E-state index contributed by atoms with van der Waals surface area (Å²) in [7, 11) is 1.67. The van der Waals surface area contributed by atoms with Gasteiger partial charge >= 0.3 is 0 Å². The predicted octanol–water partition coefficient (Wildman–Crippen LogP) is 4.26. The number of hydrogen-bond acceptors (Lipinski definition) is 2. The Hall–Kier alpha value is -2.03. The Balaban J connectivity index is 2.17. The maximum atomic E-state index is 12.3. The molecule has 0 saturated carbocycles. The van der Waals surface area contributed by atoms with Crippen LogP contribution >= 0.6 is 0 Å². The van der Waals surface area contributed by atoms with Crippen molar-refractivity contribution in [3.63, 3.8) is 0 Å². The number of rotatable bonds is 6. The van der Waals surface area contributed by atoms with E-state index >= 15 is 0 Å². The molecule has 1 amide bonds. The van der Waals surface area contributed by atoms with Gasteiger partial charge in [-0.05, 0) is 48.7 Å². The largest absolute Gasteiger partial charge is 0.497 e. The lowest BCUT2D eigenvalue weighted by Crippen LogP contribution is -2.35. The molecule has 0 bridgehead atoms. The molecule has 0 aromatic heterocycles. The number of benzene rings is 2. The van der Waals surface area contributed by atoms with Gasteiger partial charge in [0.2, 0.25) is 5.91 Å². The number of carbonyl (C=O) groups is 1. The summed E-state index contributed by atoms with van der Waals surface area (Å²) < 4.78 is 5.24. The summed E-state index contributed by atoms with van der Waals surface area (Å²) in [5.74, 6) is 0.791. The highest BCUT2D eigenvalue weighted by Gasteiger charge is 2.17. The standard InChI is InChI=1S/C19H25NO2/c1-5-6-13(2)20-19(21)14(3)15-7-8-17-12-18(22-4)10-9-16(17)11-15/h7-14H,5-6H2,1-4H3,(H,20,21). The van der Waals surface area contributed by atoms with E-state index in [0.29, 0.717) is 0 Å². The molecule has 0 spiro atoms. The summed E-state index contributed by atoms with van der Waals surface area (Å²) in [6.07, 6.45) is 2.09. The molecule has 22 heavy (non-hydrogen) atoms. The first-order valence-electron chi connectivity index (χ1n) is 7.93. The predicted molar refractivity (Wildman–Crippen MR) is 91.4 cm³/mol. The van der Waals surface area contributed by atoms with E-state index in [0.717, 1.165) is 34.9 Å². The molecule has 0 aliphatic carbocycles. The maximum absolute atomic E-state index is 12.3. The van der Waals surface area contributed by atoms with Crippen molar-refractivity contribution in [2.24, 2.45) is 0 Å². The molecule has 1 N–H and O–H groups in total. The Morgan fingerprint density at radius 2 is 1.82 bits per heavy atom. The molecule has 3 heteroatoms. The Morgan fingerprint density at radius 1 is 1.14 bits per heavy atom. The first-order chi connectivity index (χ1) is 10.5. The van der Waals surface area contributed by atoms with Crippen LogP contribution in [0.15, 0.2) is 36.4 Å². The fourth-order valence-corrected chi connectivity index (χ4v) is 2.66. The van der Waals surface area contributed by atoms with Crippen molar-refractivity contribution < 1.29 is 9.53 Å². The van der Waals surface area contributed by atoms with Crippen LogP contribution in [0.2, 0.25) is 0 Å². The van der Waals surface area contributed by atoms with Crippen LogP contribution in [0.5, 0.6) is 5.75 Å². The van der Waals surface area contributed by atoms with Gasteiger partial charge in [-0.2, -0.15) is 0 Å². The molecule has 2 atom stereocenters. The van der Waals surface area contributed by atoms with Gasteiger partial charge in [-0.1, -0.05) is 37.6 Å². The number of amides is 1. The van der Waals surface area contributed by atoms with Crippen molar-refractivity contribution in [1.29, 1.82) is 0 Å². The Morgan fingerprint density at radius 3 is 2.50 bits per heavy atom. The second-order valence-electron chi connectivity index (χ2n) is 5.89. The van der Waals surface area contributed by atoms with Crippen LogP contribution in [0, 0.1) is 0 Å². The van der Waals surface area contributed by atoms with Crippen LogP contribution in [-0.2, 0) is 4.79 Å². The van der Waals surface area contributed by atoms with Gasteiger partial charge < -0.3 is 10.1 Å². The van der Waals surface area contributed by atoms with E-state index in [-0.39, 0.29) is 17.9 Å². The van der Waals surface area contributed by atoms with Gasteiger partial charge in [-0.15, -0.1) is 0 Å². The molecule has 0 heterocycles. The van der Waals surface area contributed by atoms with E-state index in [4.69, 9.17) is 4.74 Å². The van der Waals surface area contributed by atoms with Crippen LogP contribution in [-0.4, -0.2) is 19.1 Å². The van der Waals surface area contributed by atoms with Crippen molar-refractivity contribution in [3.8, 4) is 5.75 Å². The van der Waals surface area contributed by atoms with Crippen LogP contribution < -0.4 is 10.1 Å². The lowest BCUT2D eigenvalue weighted by Gasteiger charge is -2.17. The summed E-state index contributed by atoms with van der Waals surface area (Å²) in [5.41, 5.74) is 1.04. The molecule has 2 aromatic rings. The van der Waals surface area contributed by atoms with Gasteiger partial charge in [0.05, 0.1) is 13.0 Å². The molecule has 2 unspecified atom stereocenters. The van der Waals surface area contributed by atoms with Crippen molar-refractivity contribution in [1.82, 2.24) is 5.32 Å². The molecule has 0 radical (unpaired) electrons. The molecule has 118 valence electrons. The Bertz CT molecular complexity index is 651. The summed E-state index contributed by atoms with van der Waals surface area (Å²) in [6.45, 7) is 6.14. The molecular formula is C19H25NO2. The normalized spacial score (nSPS) is 13.6. The van der Waals surface area contributed by atoms with Crippen molar-refractivity contribution in [3.05, 3.63) is 42.0 Å². The highest BCUT2D eigenvalue weighted by atomic mass is 16.5. The topological polar surface area (TPSA) is 38.3 Å². The first-order valence-corrected chi connectivity index (χ1v) is 7.93. The molecule has 0 aliphatic heterocycles. The number of carbonyl (C=O) groups excluding carboxylic acids is 1. The van der Waals surface area contributed by atoms with Gasteiger partial charge in [0.25, 0.3) is 0 Å². The van der Waals surface area contributed by atoms with E-state index < -0.39 is 0 Å². The van der Waals surface area contributed by atoms with E-state index in [2.05, 4.69) is 25.2 Å². The second kappa shape index (κ2) is 7.30. The fourth-order valence-electron chi connectivity index (χ4n) is 2.66. The van der Waals surface area contributed by atoms with Gasteiger partial charge in [-0.25, -0.2) is 0 Å². The van der Waals surface area contributed by atoms with Crippen molar-refractivity contribution in [2.45, 2.75) is 45.6 Å². The zero-order valence-corrected chi connectivity index (χ0v) is 13.8. The number of hydrogen-bond donors (Lipinski definition) is 1. The van der Waals surface area contributed by atoms with Crippen molar-refractivity contribution in [2.75, 3.05) is 7.11 Å². The monoisotopic (exact) mass is 299 g/mol. The van der Waals surface area contributed by atoms with Gasteiger partial charge in [0.15, 0.2) is 0 Å². The van der Waals surface area contributed by atoms with Crippen LogP contribution in [0.25, 0.3) is 10.8 Å².